The number of hydrogen-bond acceptors (Lipinski definition) is 3. The third kappa shape index (κ3) is 5.47. The first-order chi connectivity index (χ1) is 22.8. The standard InChI is InChI=1S/C43H29N3/c1-2-10-30(11-3-1)31-21-23-33(24-22-31)41-28-42(46-43(45-41)40-20-8-13-32-12-4-5-19-39(32)40)37-17-7-15-35(27-37)34-14-6-16-36(26-34)38-18-9-25-44-29-38/h1-29H. The smallest absolute Gasteiger partial charge is 0.161 e. The van der Waals surface area contributed by atoms with Gasteiger partial charge in [-0.15, -0.1) is 0 Å². The summed E-state index contributed by atoms with van der Waals surface area (Å²) in [6, 6.07) is 57.2. The molecule has 216 valence electrons. The van der Waals surface area contributed by atoms with Crippen LogP contribution in [0.25, 0.3) is 78.1 Å². The SMILES string of the molecule is c1ccc(-c2ccc(-c3cc(-c4cccc(-c5cccc(-c6cccnc6)c5)c4)nc(-c4cccc5ccccc45)n3)cc2)cc1. The van der Waals surface area contributed by atoms with E-state index in [4.69, 9.17) is 9.97 Å². The van der Waals surface area contributed by atoms with E-state index in [1.54, 1.807) is 6.20 Å². The normalized spacial score (nSPS) is 11.0. The number of hydrogen-bond donors (Lipinski definition) is 0. The summed E-state index contributed by atoms with van der Waals surface area (Å²) < 4.78 is 0. The van der Waals surface area contributed by atoms with Crippen LogP contribution in [0.2, 0.25) is 0 Å². The molecule has 3 heteroatoms. The molecule has 0 bridgehead atoms. The molecular weight excluding hydrogens is 558 g/mol. The minimum atomic E-state index is 0.709. The maximum absolute atomic E-state index is 5.20. The lowest BCUT2D eigenvalue weighted by molar-refractivity contribution is 1.19. The zero-order valence-corrected chi connectivity index (χ0v) is 25.1. The maximum Gasteiger partial charge on any atom is 0.161 e. The molecule has 2 aromatic heterocycles. The van der Waals surface area contributed by atoms with Crippen molar-refractivity contribution in [3.8, 4) is 67.3 Å². The minimum absolute atomic E-state index is 0.709. The fraction of sp³-hybridized carbons (Fsp3) is 0. The van der Waals surface area contributed by atoms with Gasteiger partial charge in [-0.3, -0.25) is 4.98 Å². The predicted octanol–water partition coefficient (Wildman–Crippen LogP) is 11.0. The fourth-order valence-corrected chi connectivity index (χ4v) is 6.02. The molecule has 0 aliphatic heterocycles. The van der Waals surface area contributed by atoms with Gasteiger partial charge in [-0.05, 0) is 62.9 Å². The molecule has 0 aliphatic rings. The molecule has 0 atom stereocenters. The predicted molar refractivity (Wildman–Crippen MR) is 190 cm³/mol. The van der Waals surface area contributed by atoms with Crippen molar-refractivity contribution in [2.75, 3.05) is 0 Å². The highest BCUT2D eigenvalue weighted by Gasteiger charge is 2.14. The van der Waals surface area contributed by atoms with Crippen molar-refractivity contribution >= 4 is 10.8 Å². The highest BCUT2D eigenvalue weighted by Crippen LogP contribution is 2.34. The summed E-state index contributed by atoms with van der Waals surface area (Å²) in [6.45, 7) is 0. The molecule has 2 heterocycles. The van der Waals surface area contributed by atoms with Crippen LogP contribution in [0.5, 0.6) is 0 Å². The average Bonchev–Trinajstić information content (AvgIpc) is 3.15. The molecule has 0 saturated heterocycles. The van der Waals surface area contributed by atoms with E-state index < -0.39 is 0 Å². The molecule has 0 aliphatic carbocycles. The van der Waals surface area contributed by atoms with Crippen LogP contribution in [0.4, 0.5) is 0 Å². The molecule has 0 radical (unpaired) electrons. The van der Waals surface area contributed by atoms with Crippen LogP contribution in [-0.4, -0.2) is 15.0 Å². The summed E-state index contributed by atoms with van der Waals surface area (Å²) in [6.07, 6.45) is 3.70. The first kappa shape index (κ1) is 27.4. The van der Waals surface area contributed by atoms with Crippen LogP contribution in [0.1, 0.15) is 0 Å². The lowest BCUT2D eigenvalue weighted by Gasteiger charge is -2.12. The van der Waals surface area contributed by atoms with Crippen molar-refractivity contribution in [3.63, 3.8) is 0 Å². The third-order valence-corrected chi connectivity index (χ3v) is 8.39. The average molecular weight is 588 g/mol. The summed E-state index contributed by atoms with van der Waals surface area (Å²) in [4.78, 5) is 14.7. The highest BCUT2D eigenvalue weighted by atomic mass is 14.9. The molecule has 3 nitrogen and oxygen atoms in total. The summed E-state index contributed by atoms with van der Waals surface area (Å²) in [5.41, 5.74) is 11.7. The Balaban J connectivity index is 1.25. The molecule has 0 N–H and O–H groups in total. The van der Waals surface area contributed by atoms with Crippen molar-refractivity contribution < 1.29 is 0 Å². The molecule has 6 aromatic carbocycles. The molecule has 0 amide bonds. The Morgan fingerprint density at radius 1 is 0.348 bits per heavy atom. The second kappa shape index (κ2) is 12.1. The monoisotopic (exact) mass is 587 g/mol. The van der Waals surface area contributed by atoms with Crippen LogP contribution < -0.4 is 0 Å². The fourth-order valence-electron chi connectivity index (χ4n) is 6.02. The van der Waals surface area contributed by atoms with Gasteiger partial charge in [0.2, 0.25) is 0 Å². The van der Waals surface area contributed by atoms with Crippen LogP contribution in [-0.2, 0) is 0 Å². The molecule has 0 unspecified atom stereocenters. The van der Waals surface area contributed by atoms with E-state index in [-0.39, 0.29) is 0 Å². The number of pyridine rings is 1. The Kier molecular flexibility index (Phi) is 7.18. The van der Waals surface area contributed by atoms with E-state index in [0.717, 1.165) is 55.7 Å². The van der Waals surface area contributed by atoms with Gasteiger partial charge in [-0.1, -0.05) is 140 Å². The summed E-state index contributed by atoms with van der Waals surface area (Å²) in [5.74, 6) is 0.709. The zero-order valence-electron chi connectivity index (χ0n) is 25.1. The number of nitrogens with zero attached hydrogens (tertiary/aromatic N) is 3. The summed E-state index contributed by atoms with van der Waals surface area (Å²) in [7, 11) is 0. The first-order valence-electron chi connectivity index (χ1n) is 15.4. The van der Waals surface area contributed by atoms with Gasteiger partial charge in [-0.25, -0.2) is 9.97 Å². The maximum atomic E-state index is 5.20. The van der Waals surface area contributed by atoms with E-state index in [1.807, 2.05) is 18.3 Å². The van der Waals surface area contributed by atoms with Gasteiger partial charge in [0, 0.05) is 34.6 Å². The van der Waals surface area contributed by atoms with Crippen molar-refractivity contribution in [1.82, 2.24) is 15.0 Å². The number of aromatic nitrogens is 3. The molecule has 0 saturated carbocycles. The van der Waals surface area contributed by atoms with Crippen LogP contribution in [0, 0.1) is 0 Å². The Labute approximate surface area is 268 Å². The number of fused-ring (bicyclic) bond motifs is 1. The highest BCUT2D eigenvalue weighted by molar-refractivity contribution is 5.95. The minimum Gasteiger partial charge on any atom is -0.264 e. The second-order valence-electron chi connectivity index (χ2n) is 11.3. The van der Waals surface area contributed by atoms with Gasteiger partial charge < -0.3 is 0 Å². The lowest BCUT2D eigenvalue weighted by atomic mass is 9.97. The van der Waals surface area contributed by atoms with Crippen LogP contribution >= 0.6 is 0 Å². The van der Waals surface area contributed by atoms with Gasteiger partial charge in [0.15, 0.2) is 5.82 Å². The quantitative estimate of drug-likeness (QED) is 0.194. The Hall–Kier alpha value is -6.19. The van der Waals surface area contributed by atoms with Crippen molar-refractivity contribution in [2.45, 2.75) is 0 Å². The van der Waals surface area contributed by atoms with Gasteiger partial charge in [0.05, 0.1) is 11.4 Å². The molecule has 0 spiro atoms. The Morgan fingerprint density at radius 3 is 1.65 bits per heavy atom. The topological polar surface area (TPSA) is 38.7 Å². The van der Waals surface area contributed by atoms with Gasteiger partial charge in [0.25, 0.3) is 0 Å². The second-order valence-corrected chi connectivity index (χ2v) is 11.3. The van der Waals surface area contributed by atoms with E-state index in [2.05, 4.69) is 157 Å². The van der Waals surface area contributed by atoms with Crippen LogP contribution in [0.3, 0.4) is 0 Å². The van der Waals surface area contributed by atoms with E-state index >= 15 is 0 Å². The van der Waals surface area contributed by atoms with E-state index in [1.165, 1.54) is 16.5 Å². The molecule has 8 rings (SSSR count). The number of benzene rings is 6. The van der Waals surface area contributed by atoms with Crippen molar-refractivity contribution in [1.29, 1.82) is 0 Å². The Bertz CT molecular complexity index is 2290. The van der Waals surface area contributed by atoms with E-state index in [9.17, 15) is 0 Å². The van der Waals surface area contributed by atoms with Crippen molar-refractivity contribution in [3.05, 3.63) is 176 Å². The molecule has 46 heavy (non-hydrogen) atoms. The Morgan fingerprint density at radius 2 is 0.891 bits per heavy atom. The van der Waals surface area contributed by atoms with Crippen molar-refractivity contribution in [2.24, 2.45) is 0 Å². The van der Waals surface area contributed by atoms with Gasteiger partial charge in [-0.2, -0.15) is 0 Å². The zero-order chi connectivity index (χ0) is 30.7. The van der Waals surface area contributed by atoms with Gasteiger partial charge in [0.1, 0.15) is 0 Å². The number of rotatable bonds is 6. The summed E-state index contributed by atoms with van der Waals surface area (Å²) in [5, 5.41) is 2.30. The van der Waals surface area contributed by atoms with Gasteiger partial charge >= 0.3 is 0 Å². The lowest BCUT2D eigenvalue weighted by Crippen LogP contribution is -1.97. The van der Waals surface area contributed by atoms with E-state index in [0.29, 0.717) is 5.82 Å². The molecular formula is C43H29N3. The third-order valence-electron chi connectivity index (χ3n) is 8.39. The van der Waals surface area contributed by atoms with Crippen LogP contribution in [0.15, 0.2) is 176 Å². The molecule has 0 fully saturated rings. The largest absolute Gasteiger partial charge is 0.264 e. The molecule has 8 aromatic rings. The first-order valence-corrected chi connectivity index (χ1v) is 15.4. The summed E-state index contributed by atoms with van der Waals surface area (Å²) >= 11 is 0.